The summed E-state index contributed by atoms with van der Waals surface area (Å²) < 4.78 is 5.57. The molecular formula is C14H21NOS. The Morgan fingerprint density at radius 1 is 1.47 bits per heavy atom. The fraction of sp³-hybridized carbons (Fsp3) is 0.571. The van der Waals surface area contributed by atoms with E-state index in [2.05, 4.69) is 44.3 Å². The van der Waals surface area contributed by atoms with Gasteiger partial charge in [0.2, 0.25) is 0 Å². The molecule has 1 unspecified atom stereocenters. The molecule has 0 fully saturated rings. The number of thioether (sulfide) groups is 1. The van der Waals surface area contributed by atoms with Crippen molar-refractivity contribution in [3.63, 3.8) is 0 Å². The molecule has 1 atom stereocenters. The molecule has 0 aromatic heterocycles. The van der Waals surface area contributed by atoms with Crippen LogP contribution in [-0.4, -0.2) is 18.4 Å². The number of ether oxygens (including phenoxy) is 1. The van der Waals surface area contributed by atoms with Crippen LogP contribution in [0.4, 0.5) is 0 Å². The van der Waals surface area contributed by atoms with E-state index in [4.69, 9.17) is 4.74 Å². The van der Waals surface area contributed by atoms with Crippen molar-refractivity contribution in [3.8, 4) is 5.75 Å². The number of nitrogens with one attached hydrogen (secondary N) is 1. The van der Waals surface area contributed by atoms with Crippen molar-refractivity contribution in [2.24, 2.45) is 0 Å². The highest BCUT2D eigenvalue weighted by Crippen LogP contribution is 2.46. The zero-order valence-corrected chi connectivity index (χ0v) is 11.9. The van der Waals surface area contributed by atoms with E-state index in [0.717, 1.165) is 18.0 Å². The van der Waals surface area contributed by atoms with Crippen LogP contribution >= 0.6 is 11.8 Å². The predicted octanol–water partition coefficient (Wildman–Crippen LogP) is 3.37. The molecule has 0 amide bonds. The highest BCUT2D eigenvalue weighted by Gasteiger charge is 2.36. The van der Waals surface area contributed by atoms with Gasteiger partial charge in [0.25, 0.3) is 0 Å². The third-order valence-corrected chi connectivity index (χ3v) is 4.80. The van der Waals surface area contributed by atoms with Crippen molar-refractivity contribution >= 4 is 11.8 Å². The number of rotatable bonds is 3. The average Bonchev–Trinajstić information content (AvgIpc) is 2.32. The Morgan fingerprint density at radius 3 is 2.88 bits per heavy atom. The zero-order chi connectivity index (χ0) is 12.5. The van der Waals surface area contributed by atoms with E-state index in [9.17, 15) is 0 Å². The summed E-state index contributed by atoms with van der Waals surface area (Å²) in [7, 11) is 1.73. The van der Waals surface area contributed by atoms with Gasteiger partial charge in [0.05, 0.1) is 7.11 Å². The van der Waals surface area contributed by atoms with Crippen LogP contribution in [0.5, 0.6) is 5.75 Å². The maximum atomic E-state index is 5.34. The molecule has 2 rings (SSSR count). The van der Waals surface area contributed by atoms with E-state index < -0.39 is 0 Å². The molecule has 0 saturated carbocycles. The predicted molar refractivity (Wildman–Crippen MR) is 74.8 cm³/mol. The summed E-state index contributed by atoms with van der Waals surface area (Å²) in [6.45, 7) is 7.78. The lowest BCUT2D eigenvalue weighted by molar-refractivity contribution is 0.408. The highest BCUT2D eigenvalue weighted by molar-refractivity contribution is 8.00. The van der Waals surface area contributed by atoms with Crippen LogP contribution in [0.15, 0.2) is 18.2 Å². The van der Waals surface area contributed by atoms with Crippen molar-refractivity contribution in [2.75, 3.05) is 13.7 Å². The van der Waals surface area contributed by atoms with Gasteiger partial charge in [-0.1, -0.05) is 13.0 Å². The number of methoxy groups -OCH3 is 1. The van der Waals surface area contributed by atoms with E-state index in [1.54, 1.807) is 7.11 Å². The lowest BCUT2D eigenvalue weighted by Crippen LogP contribution is -2.39. The minimum absolute atomic E-state index is 0.232. The number of hydrogen-bond donors (Lipinski definition) is 1. The van der Waals surface area contributed by atoms with Crippen LogP contribution in [0.2, 0.25) is 0 Å². The Bertz CT molecular complexity index is 403. The van der Waals surface area contributed by atoms with E-state index in [0.29, 0.717) is 6.04 Å². The van der Waals surface area contributed by atoms with Gasteiger partial charge < -0.3 is 10.1 Å². The topological polar surface area (TPSA) is 21.3 Å². The maximum absolute atomic E-state index is 5.34. The second kappa shape index (κ2) is 4.91. The maximum Gasteiger partial charge on any atom is 0.119 e. The van der Waals surface area contributed by atoms with E-state index in [1.807, 2.05) is 11.8 Å². The fourth-order valence-electron chi connectivity index (χ4n) is 2.38. The molecule has 2 nitrogen and oxygen atoms in total. The van der Waals surface area contributed by atoms with Gasteiger partial charge in [-0.05, 0) is 43.7 Å². The van der Waals surface area contributed by atoms with E-state index in [-0.39, 0.29) is 4.75 Å². The van der Waals surface area contributed by atoms with Gasteiger partial charge in [0.15, 0.2) is 0 Å². The minimum Gasteiger partial charge on any atom is -0.497 e. The summed E-state index contributed by atoms with van der Waals surface area (Å²) in [5.41, 5.74) is 2.83. The second-order valence-corrected chi connectivity index (χ2v) is 6.58. The van der Waals surface area contributed by atoms with Gasteiger partial charge in [-0.15, -0.1) is 11.8 Å². The standard InChI is InChI=1S/C14H21NOS/c1-5-15-13-12-8-11(16-4)7-6-10(12)9-17-14(13,2)3/h6-8,13,15H,5,9H2,1-4H3. The summed E-state index contributed by atoms with van der Waals surface area (Å²) in [4.78, 5) is 0. The van der Waals surface area contributed by atoms with Crippen molar-refractivity contribution in [1.82, 2.24) is 5.32 Å². The number of benzene rings is 1. The summed E-state index contributed by atoms with van der Waals surface area (Å²) >= 11 is 2.02. The summed E-state index contributed by atoms with van der Waals surface area (Å²) in [5.74, 6) is 2.04. The molecule has 0 saturated heterocycles. The quantitative estimate of drug-likeness (QED) is 0.890. The van der Waals surface area contributed by atoms with E-state index >= 15 is 0 Å². The monoisotopic (exact) mass is 251 g/mol. The summed E-state index contributed by atoms with van der Waals surface area (Å²) in [6.07, 6.45) is 0. The molecule has 3 heteroatoms. The molecule has 0 spiro atoms. The second-order valence-electron chi connectivity index (χ2n) is 4.95. The first-order valence-electron chi connectivity index (χ1n) is 6.12. The molecule has 1 heterocycles. The molecule has 17 heavy (non-hydrogen) atoms. The Labute approximate surface area is 108 Å². The average molecular weight is 251 g/mol. The van der Waals surface area contributed by atoms with Gasteiger partial charge in [-0.3, -0.25) is 0 Å². The minimum atomic E-state index is 0.232. The van der Waals surface area contributed by atoms with Gasteiger partial charge in [0, 0.05) is 16.5 Å². The summed E-state index contributed by atoms with van der Waals surface area (Å²) in [6, 6.07) is 6.84. The number of fused-ring (bicyclic) bond motifs is 1. The molecule has 0 bridgehead atoms. The first kappa shape index (κ1) is 12.8. The molecule has 1 aliphatic heterocycles. The molecule has 1 aromatic carbocycles. The Kier molecular flexibility index (Phi) is 3.69. The summed E-state index contributed by atoms with van der Waals surface area (Å²) in [5, 5.41) is 3.61. The zero-order valence-electron chi connectivity index (χ0n) is 11.0. The molecule has 0 aliphatic carbocycles. The van der Waals surface area contributed by atoms with Crippen LogP contribution < -0.4 is 10.1 Å². The fourth-order valence-corrected chi connectivity index (χ4v) is 3.55. The SMILES string of the molecule is CCNC1c2cc(OC)ccc2CSC1(C)C. The lowest BCUT2D eigenvalue weighted by atomic mass is 9.91. The lowest BCUT2D eigenvalue weighted by Gasteiger charge is -2.40. The van der Waals surface area contributed by atoms with Crippen molar-refractivity contribution in [3.05, 3.63) is 29.3 Å². The largest absolute Gasteiger partial charge is 0.497 e. The molecular weight excluding hydrogens is 230 g/mol. The van der Waals surface area contributed by atoms with Crippen molar-refractivity contribution in [1.29, 1.82) is 0 Å². The van der Waals surface area contributed by atoms with Crippen molar-refractivity contribution in [2.45, 2.75) is 37.3 Å². The Morgan fingerprint density at radius 2 is 2.24 bits per heavy atom. The van der Waals surface area contributed by atoms with Gasteiger partial charge in [-0.2, -0.15) is 0 Å². The molecule has 1 aromatic rings. The van der Waals surface area contributed by atoms with Gasteiger partial charge >= 0.3 is 0 Å². The van der Waals surface area contributed by atoms with E-state index in [1.165, 1.54) is 11.1 Å². The van der Waals surface area contributed by atoms with Crippen LogP contribution in [0.1, 0.15) is 37.9 Å². The van der Waals surface area contributed by atoms with Crippen LogP contribution in [0.25, 0.3) is 0 Å². The Balaban J connectivity index is 2.42. The normalized spacial score (nSPS) is 22.0. The smallest absolute Gasteiger partial charge is 0.119 e. The first-order chi connectivity index (χ1) is 8.08. The van der Waals surface area contributed by atoms with Crippen LogP contribution in [0.3, 0.4) is 0 Å². The number of hydrogen-bond acceptors (Lipinski definition) is 3. The third kappa shape index (κ3) is 2.45. The van der Waals surface area contributed by atoms with Crippen LogP contribution in [-0.2, 0) is 5.75 Å². The van der Waals surface area contributed by atoms with Crippen molar-refractivity contribution < 1.29 is 4.74 Å². The molecule has 1 aliphatic rings. The molecule has 94 valence electrons. The third-order valence-electron chi connectivity index (χ3n) is 3.37. The first-order valence-corrected chi connectivity index (χ1v) is 7.11. The molecule has 1 N–H and O–H groups in total. The molecule has 0 radical (unpaired) electrons. The Hall–Kier alpha value is -0.670. The van der Waals surface area contributed by atoms with Gasteiger partial charge in [0.1, 0.15) is 5.75 Å². The highest BCUT2D eigenvalue weighted by atomic mass is 32.2. The van der Waals surface area contributed by atoms with Crippen LogP contribution in [0, 0.1) is 0 Å². The van der Waals surface area contributed by atoms with Gasteiger partial charge in [-0.25, -0.2) is 0 Å².